The van der Waals surface area contributed by atoms with Crippen LogP contribution in [-0.2, 0) is 13.0 Å². The summed E-state index contributed by atoms with van der Waals surface area (Å²) in [6.45, 7) is -0.456. The van der Waals surface area contributed by atoms with Crippen molar-refractivity contribution in [2.24, 2.45) is 0 Å². The molecule has 19 heavy (non-hydrogen) atoms. The number of halogens is 3. The molecule has 0 unspecified atom stereocenters. The molecule has 0 fully saturated rings. The predicted octanol–water partition coefficient (Wildman–Crippen LogP) is 2.71. The lowest BCUT2D eigenvalue weighted by Gasteiger charge is -2.21. The average Bonchev–Trinajstić information content (AvgIpc) is 2.57. The summed E-state index contributed by atoms with van der Waals surface area (Å²) in [5.41, 5.74) is 2.16. The van der Waals surface area contributed by atoms with Crippen molar-refractivity contribution in [3.05, 3.63) is 35.4 Å². The predicted molar refractivity (Wildman–Crippen MR) is 64.6 cm³/mol. The molecule has 0 bridgehead atoms. The van der Waals surface area contributed by atoms with E-state index < -0.39 is 18.8 Å². The SMILES string of the molecule is O=C(NCC(F)(F)F)N1CCCc2ccccc2C1. The first-order chi connectivity index (χ1) is 8.96. The van der Waals surface area contributed by atoms with Crippen molar-refractivity contribution in [1.29, 1.82) is 0 Å². The first kappa shape index (κ1) is 13.7. The first-order valence-corrected chi connectivity index (χ1v) is 6.12. The zero-order chi connectivity index (χ0) is 13.9. The largest absolute Gasteiger partial charge is 0.405 e. The second-order valence-corrected chi connectivity index (χ2v) is 4.57. The van der Waals surface area contributed by atoms with Crippen LogP contribution in [0.25, 0.3) is 0 Å². The van der Waals surface area contributed by atoms with Crippen LogP contribution < -0.4 is 5.32 Å². The highest BCUT2D eigenvalue weighted by atomic mass is 19.4. The monoisotopic (exact) mass is 272 g/mol. The zero-order valence-electron chi connectivity index (χ0n) is 10.3. The Hall–Kier alpha value is -1.72. The zero-order valence-corrected chi connectivity index (χ0v) is 10.3. The van der Waals surface area contributed by atoms with E-state index >= 15 is 0 Å². The number of carbonyl (C=O) groups excluding carboxylic acids is 1. The van der Waals surface area contributed by atoms with E-state index in [4.69, 9.17) is 0 Å². The van der Waals surface area contributed by atoms with Gasteiger partial charge < -0.3 is 10.2 Å². The molecule has 0 saturated heterocycles. The van der Waals surface area contributed by atoms with Crippen LogP contribution in [-0.4, -0.2) is 30.2 Å². The van der Waals surface area contributed by atoms with Gasteiger partial charge in [-0.05, 0) is 24.0 Å². The number of benzene rings is 1. The summed E-state index contributed by atoms with van der Waals surface area (Å²) in [7, 11) is 0. The van der Waals surface area contributed by atoms with Crippen LogP contribution in [0.5, 0.6) is 0 Å². The van der Waals surface area contributed by atoms with Crippen molar-refractivity contribution in [3.63, 3.8) is 0 Å². The number of rotatable bonds is 1. The number of fused-ring (bicyclic) bond motifs is 1. The lowest BCUT2D eigenvalue weighted by atomic mass is 10.0. The van der Waals surface area contributed by atoms with Crippen LogP contribution in [0.3, 0.4) is 0 Å². The van der Waals surface area contributed by atoms with Crippen LogP contribution in [0.2, 0.25) is 0 Å². The molecule has 2 amide bonds. The molecule has 1 N–H and O–H groups in total. The molecule has 0 spiro atoms. The third-order valence-electron chi connectivity index (χ3n) is 3.08. The van der Waals surface area contributed by atoms with E-state index in [1.807, 2.05) is 29.6 Å². The molecular weight excluding hydrogens is 257 g/mol. The molecule has 0 aromatic heterocycles. The second-order valence-electron chi connectivity index (χ2n) is 4.57. The lowest BCUT2D eigenvalue weighted by Crippen LogP contribution is -2.43. The van der Waals surface area contributed by atoms with Gasteiger partial charge in [0.15, 0.2) is 0 Å². The molecular formula is C13H15F3N2O. The summed E-state index contributed by atoms with van der Waals surface area (Å²) in [5.74, 6) is 0. The summed E-state index contributed by atoms with van der Waals surface area (Å²) in [6, 6.07) is 7.04. The minimum absolute atomic E-state index is 0.361. The number of nitrogens with one attached hydrogen (secondary N) is 1. The van der Waals surface area contributed by atoms with Gasteiger partial charge in [-0.3, -0.25) is 0 Å². The minimum atomic E-state index is -4.38. The third-order valence-corrected chi connectivity index (χ3v) is 3.08. The van der Waals surface area contributed by atoms with Crippen molar-refractivity contribution in [2.75, 3.05) is 13.1 Å². The minimum Gasteiger partial charge on any atom is -0.329 e. The van der Waals surface area contributed by atoms with Crippen LogP contribution in [0, 0.1) is 0 Å². The molecule has 3 nitrogen and oxygen atoms in total. The van der Waals surface area contributed by atoms with Crippen molar-refractivity contribution in [3.8, 4) is 0 Å². The van der Waals surface area contributed by atoms with Gasteiger partial charge in [0.05, 0.1) is 0 Å². The fourth-order valence-corrected chi connectivity index (χ4v) is 2.16. The molecule has 104 valence electrons. The highest BCUT2D eigenvalue weighted by Gasteiger charge is 2.29. The maximum Gasteiger partial charge on any atom is 0.405 e. The quantitative estimate of drug-likeness (QED) is 0.837. The van der Waals surface area contributed by atoms with Gasteiger partial charge in [0, 0.05) is 13.1 Å². The number of carbonyl (C=O) groups is 1. The Morgan fingerprint density at radius 2 is 1.95 bits per heavy atom. The molecule has 1 aromatic rings. The average molecular weight is 272 g/mol. The molecule has 1 aliphatic rings. The second kappa shape index (κ2) is 5.50. The van der Waals surface area contributed by atoms with E-state index in [1.54, 1.807) is 0 Å². The Kier molecular flexibility index (Phi) is 3.97. The fraction of sp³-hybridized carbons (Fsp3) is 0.462. The molecule has 1 heterocycles. The summed E-state index contributed by atoms with van der Waals surface area (Å²) in [6.07, 6.45) is -2.77. The van der Waals surface area contributed by atoms with Gasteiger partial charge in [-0.25, -0.2) is 4.79 Å². The standard InChI is InChI=1S/C13H15F3N2O/c14-13(15,16)9-17-12(19)18-7-3-6-10-4-1-2-5-11(10)8-18/h1-2,4-5H,3,6-9H2,(H,17,19). The van der Waals surface area contributed by atoms with Gasteiger partial charge >= 0.3 is 12.2 Å². The number of nitrogens with zero attached hydrogens (tertiary/aromatic N) is 1. The van der Waals surface area contributed by atoms with E-state index in [2.05, 4.69) is 0 Å². The van der Waals surface area contributed by atoms with E-state index in [0.717, 1.165) is 24.0 Å². The number of alkyl halides is 3. The van der Waals surface area contributed by atoms with Gasteiger partial charge in [-0.15, -0.1) is 0 Å². The van der Waals surface area contributed by atoms with Crippen molar-refractivity contribution in [1.82, 2.24) is 10.2 Å². The molecule has 0 atom stereocenters. The number of hydrogen-bond donors (Lipinski definition) is 1. The van der Waals surface area contributed by atoms with Gasteiger partial charge in [0.2, 0.25) is 0 Å². The normalized spacial score (nSPS) is 15.6. The molecule has 0 radical (unpaired) electrons. The Bertz CT molecular complexity index is 459. The van der Waals surface area contributed by atoms with Crippen LogP contribution in [0.4, 0.5) is 18.0 Å². The van der Waals surface area contributed by atoms with Crippen LogP contribution in [0.1, 0.15) is 17.5 Å². The number of urea groups is 1. The molecule has 0 aliphatic carbocycles. The lowest BCUT2D eigenvalue weighted by molar-refractivity contribution is -0.123. The highest BCUT2D eigenvalue weighted by molar-refractivity contribution is 5.74. The van der Waals surface area contributed by atoms with E-state index in [-0.39, 0.29) is 0 Å². The molecule has 6 heteroatoms. The third kappa shape index (κ3) is 3.87. The Morgan fingerprint density at radius 1 is 1.26 bits per heavy atom. The van der Waals surface area contributed by atoms with E-state index in [1.165, 1.54) is 4.90 Å². The fourth-order valence-electron chi connectivity index (χ4n) is 2.16. The number of hydrogen-bond acceptors (Lipinski definition) is 1. The first-order valence-electron chi connectivity index (χ1n) is 6.12. The van der Waals surface area contributed by atoms with Crippen molar-refractivity contribution in [2.45, 2.75) is 25.6 Å². The van der Waals surface area contributed by atoms with Crippen LogP contribution >= 0.6 is 0 Å². The van der Waals surface area contributed by atoms with Gasteiger partial charge in [-0.2, -0.15) is 13.2 Å². The summed E-state index contributed by atoms with van der Waals surface area (Å²) in [5, 5.41) is 1.91. The van der Waals surface area contributed by atoms with Gasteiger partial charge in [0.1, 0.15) is 6.54 Å². The highest BCUT2D eigenvalue weighted by Crippen LogP contribution is 2.18. The maximum atomic E-state index is 12.1. The van der Waals surface area contributed by atoms with E-state index in [0.29, 0.717) is 13.1 Å². The molecule has 1 aromatic carbocycles. The number of aryl methyl sites for hydroxylation is 1. The number of amides is 2. The van der Waals surface area contributed by atoms with Crippen LogP contribution in [0.15, 0.2) is 24.3 Å². The Balaban J connectivity index is 2.00. The maximum absolute atomic E-state index is 12.1. The van der Waals surface area contributed by atoms with Crippen molar-refractivity contribution >= 4 is 6.03 Å². The molecule has 1 aliphatic heterocycles. The van der Waals surface area contributed by atoms with Crippen molar-refractivity contribution < 1.29 is 18.0 Å². The Morgan fingerprint density at radius 3 is 2.63 bits per heavy atom. The molecule has 0 saturated carbocycles. The van der Waals surface area contributed by atoms with Gasteiger partial charge in [0.25, 0.3) is 0 Å². The van der Waals surface area contributed by atoms with Gasteiger partial charge in [-0.1, -0.05) is 24.3 Å². The summed E-state index contributed by atoms with van der Waals surface area (Å²) in [4.78, 5) is 13.2. The van der Waals surface area contributed by atoms with E-state index in [9.17, 15) is 18.0 Å². The molecule has 2 rings (SSSR count). The summed E-state index contributed by atoms with van der Waals surface area (Å²) < 4.78 is 36.2. The topological polar surface area (TPSA) is 32.3 Å². The Labute approximate surface area is 109 Å². The summed E-state index contributed by atoms with van der Waals surface area (Å²) >= 11 is 0. The smallest absolute Gasteiger partial charge is 0.329 e.